The molecule has 1 aromatic carbocycles. The van der Waals surface area contributed by atoms with Crippen LogP contribution >= 0.6 is 0 Å². The molecule has 1 amide bonds. The quantitative estimate of drug-likeness (QED) is 0.716. The van der Waals surface area contributed by atoms with Crippen LogP contribution in [0.1, 0.15) is 34.7 Å². The molecule has 3 heteroatoms. The average Bonchev–Trinajstić information content (AvgIpc) is 2.85. The van der Waals surface area contributed by atoms with Crippen LogP contribution < -0.4 is 5.73 Å². The van der Waals surface area contributed by atoms with Gasteiger partial charge in [0, 0.05) is 5.56 Å². The minimum absolute atomic E-state index is 0.201. The smallest absolute Gasteiger partial charge is 0.248 e. The maximum atomic E-state index is 11.0. The van der Waals surface area contributed by atoms with Gasteiger partial charge in [-0.3, -0.25) is 4.79 Å². The topological polar surface area (TPSA) is 63.3 Å². The van der Waals surface area contributed by atoms with Crippen LogP contribution in [0.2, 0.25) is 0 Å². The predicted octanol–water partition coefficient (Wildman–Crippen LogP) is 1.37. The van der Waals surface area contributed by atoms with Crippen molar-refractivity contribution in [3.63, 3.8) is 0 Å². The van der Waals surface area contributed by atoms with Gasteiger partial charge in [0.15, 0.2) is 0 Å². The number of carbonyl (C=O) groups is 1. The fraction of sp³-hybridized carbons (Fsp3) is 0.300. The molecule has 0 aromatic heterocycles. The van der Waals surface area contributed by atoms with Crippen LogP contribution in [-0.4, -0.2) is 11.0 Å². The number of aromatic hydroxyl groups is 1. The Kier molecular flexibility index (Phi) is 1.72. The van der Waals surface area contributed by atoms with Crippen molar-refractivity contribution in [3.8, 4) is 5.75 Å². The van der Waals surface area contributed by atoms with Gasteiger partial charge in [-0.25, -0.2) is 0 Å². The number of phenols is 1. The summed E-state index contributed by atoms with van der Waals surface area (Å²) < 4.78 is 0. The Morgan fingerprint density at radius 2 is 2.15 bits per heavy atom. The fourth-order valence-corrected chi connectivity index (χ4v) is 1.51. The molecular formula is C10H11NO2. The number of rotatable bonds is 2. The van der Waals surface area contributed by atoms with Gasteiger partial charge in [0.05, 0.1) is 0 Å². The summed E-state index contributed by atoms with van der Waals surface area (Å²) in [7, 11) is 0. The monoisotopic (exact) mass is 177 g/mol. The van der Waals surface area contributed by atoms with Crippen molar-refractivity contribution >= 4 is 5.91 Å². The highest BCUT2D eigenvalue weighted by Gasteiger charge is 2.27. The molecule has 68 valence electrons. The third-order valence-corrected chi connectivity index (χ3v) is 2.32. The lowest BCUT2D eigenvalue weighted by Crippen LogP contribution is -2.13. The second kappa shape index (κ2) is 2.76. The molecule has 0 spiro atoms. The van der Waals surface area contributed by atoms with Gasteiger partial charge < -0.3 is 10.8 Å². The molecule has 0 radical (unpaired) electrons. The summed E-state index contributed by atoms with van der Waals surface area (Å²) in [4.78, 5) is 11.0. The zero-order chi connectivity index (χ0) is 9.42. The van der Waals surface area contributed by atoms with E-state index in [0.29, 0.717) is 11.5 Å². The lowest BCUT2D eigenvalue weighted by atomic mass is 10.0. The third kappa shape index (κ3) is 1.49. The molecule has 0 bridgehead atoms. The molecule has 0 saturated heterocycles. The van der Waals surface area contributed by atoms with E-state index < -0.39 is 5.91 Å². The van der Waals surface area contributed by atoms with Gasteiger partial charge in [0.1, 0.15) is 5.75 Å². The van der Waals surface area contributed by atoms with E-state index in [9.17, 15) is 9.90 Å². The van der Waals surface area contributed by atoms with Gasteiger partial charge in [0.25, 0.3) is 0 Å². The van der Waals surface area contributed by atoms with Gasteiger partial charge in [-0.1, -0.05) is 0 Å². The number of hydrogen-bond donors (Lipinski definition) is 2. The van der Waals surface area contributed by atoms with Crippen LogP contribution in [0.25, 0.3) is 0 Å². The molecular weight excluding hydrogens is 166 g/mol. The largest absolute Gasteiger partial charge is 0.508 e. The van der Waals surface area contributed by atoms with E-state index in [1.807, 2.05) is 0 Å². The molecule has 13 heavy (non-hydrogen) atoms. The van der Waals surface area contributed by atoms with Crippen molar-refractivity contribution in [2.24, 2.45) is 5.73 Å². The fourth-order valence-electron chi connectivity index (χ4n) is 1.51. The number of carbonyl (C=O) groups excluding carboxylic acids is 1. The molecule has 0 heterocycles. The summed E-state index contributed by atoms with van der Waals surface area (Å²) in [5.41, 5.74) is 6.65. The summed E-state index contributed by atoms with van der Waals surface area (Å²) >= 11 is 0. The van der Waals surface area contributed by atoms with Gasteiger partial charge in [0.2, 0.25) is 5.91 Å². The number of nitrogens with two attached hydrogens (primary N) is 1. The van der Waals surface area contributed by atoms with E-state index in [2.05, 4.69) is 0 Å². The van der Waals surface area contributed by atoms with Crippen molar-refractivity contribution in [2.45, 2.75) is 18.8 Å². The van der Waals surface area contributed by atoms with Gasteiger partial charge in [-0.2, -0.15) is 0 Å². The summed E-state index contributed by atoms with van der Waals surface area (Å²) in [6.07, 6.45) is 2.17. The normalized spacial score (nSPS) is 15.7. The minimum Gasteiger partial charge on any atom is -0.508 e. The molecule has 2 rings (SSSR count). The van der Waals surface area contributed by atoms with Crippen LogP contribution in [0.5, 0.6) is 5.75 Å². The SMILES string of the molecule is NC(=O)c1ccc(O)cc1C1CC1. The Morgan fingerprint density at radius 3 is 2.69 bits per heavy atom. The van der Waals surface area contributed by atoms with Gasteiger partial charge in [-0.05, 0) is 42.5 Å². The molecule has 1 aromatic rings. The lowest BCUT2D eigenvalue weighted by Gasteiger charge is -2.04. The second-order valence-corrected chi connectivity index (χ2v) is 3.41. The van der Waals surface area contributed by atoms with Crippen LogP contribution in [0, 0.1) is 0 Å². The zero-order valence-corrected chi connectivity index (χ0v) is 7.16. The molecule has 0 unspecified atom stereocenters. The van der Waals surface area contributed by atoms with Crippen molar-refractivity contribution in [1.29, 1.82) is 0 Å². The minimum atomic E-state index is -0.415. The van der Waals surface area contributed by atoms with E-state index in [1.54, 1.807) is 12.1 Å². The third-order valence-electron chi connectivity index (χ3n) is 2.32. The highest BCUT2D eigenvalue weighted by Crippen LogP contribution is 2.42. The lowest BCUT2D eigenvalue weighted by molar-refractivity contribution is 0.0999. The van der Waals surface area contributed by atoms with Crippen LogP contribution in [0.15, 0.2) is 18.2 Å². The van der Waals surface area contributed by atoms with E-state index in [1.165, 1.54) is 6.07 Å². The number of hydrogen-bond acceptors (Lipinski definition) is 2. The highest BCUT2D eigenvalue weighted by atomic mass is 16.3. The number of amides is 1. The first kappa shape index (κ1) is 8.10. The van der Waals surface area contributed by atoms with Crippen molar-refractivity contribution in [2.75, 3.05) is 0 Å². The molecule has 3 nitrogen and oxygen atoms in total. The van der Waals surface area contributed by atoms with Crippen LogP contribution in [-0.2, 0) is 0 Å². The summed E-state index contributed by atoms with van der Waals surface area (Å²) in [6.45, 7) is 0. The maximum Gasteiger partial charge on any atom is 0.248 e. The molecule has 0 aliphatic heterocycles. The zero-order valence-electron chi connectivity index (χ0n) is 7.16. The van der Waals surface area contributed by atoms with Gasteiger partial charge in [-0.15, -0.1) is 0 Å². The summed E-state index contributed by atoms with van der Waals surface area (Å²) in [5, 5.41) is 9.24. The molecule has 1 aliphatic rings. The molecule has 1 aliphatic carbocycles. The summed E-state index contributed by atoms with van der Waals surface area (Å²) in [6, 6.07) is 4.72. The van der Waals surface area contributed by atoms with E-state index in [-0.39, 0.29) is 5.75 Å². The number of phenolic OH excluding ortho intramolecular Hbond substituents is 1. The molecule has 0 atom stereocenters. The molecule has 1 fully saturated rings. The molecule has 1 saturated carbocycles. The number of benzene rings is 1. The van der Waals surface area contributed by atoms with E-state index in [4.69, 9.17) is 5.73 Å². The standard InChI is InChI=1S/C10H11NO2/c11-10(13)8-4-3-7(12)5-9(8)6-1-2-6/h3-6,12H,1-2H2,(H2,11,13). The predicted molar refractivity (Wildman–Crippen MR) is 48.6 cm³/mol. The van der Waals surface area contributed by atoms with E-state index in [0.717, 1.165) is 18.4 Å². The van der Waals surface area contributed by atoms with Gasteiger partial charge >= 0.3 is 0 Å². The van der Waals surface area contributed by atoms with Crippen molar-refractivity contribution in [1.82, 2.24) is 0 Å². The second-order valence-electron chi connectivity index (χ2n) is 3.41. The summed E-state index contributed by atoms with van der Waals surface area (Å²) in [5.74, 6) is 0.211. The first-order valence-corrected chi connectivity index (χ1v) is 4.31. The highest BCUT2D eigenvalue weighted by molar-refractivity contribution is 5.94. The van der Waals surface area contributed by atoms with Crippen molar-refractivity contribution < 1.29 is 9.90 Å². The first-order valence-electron chi connectivity index (χ1n) is 4.31. The Morgan fingerprint density at radius 1 is 1.46 bits per heavy atom. The Hall–Kier alpha value is -1.51. The van der Waals surface area contributed by atoms with Crippen LogP contribution in [0.4, 0.5) is 0 Å². The van der Waals surface area contributed by atoms with Crippen LogP contribution in [0.3, 0.4) is 0 Å². The first-order chi connectivity index (χ1) is 6.18. The van der Waals surface area contributed by atoms with Crippen molar-refractivity contribution in [3.05, 3.63) is 29.3 Å². The Balaban J connectivity index is 2.47. The van der Waals surface area contributed by atoms with E-state index >= 15 is 0 Å². The Bertz CT molecular complexity index is 356. The number of primary amides is 1. The average molecular weight is 177 g/mol. The molecule has 3 N–H and O–H groups in total. The maximum absolute atomic E-state index is 11.0. The Labute approximate surface area is 76.2 Å².